The minimum atomic E-state index is -0.990. The molecule has 0 radical (unpaired) electrons. The van der Waals surface area contributed by atoms with Crippen LogP contribution < -0.4 is 0 Å². The molecule has 1 aliphatic rings. The number of hydrogen-bond donors (Lipinski definition) is 2. The highest BCUT2D eigenvalue weighted by Crippen LogP contribution is 2.33. The van der Waals surface area contributed by atoms with Crippen LogP contribution in [-0.2, 0) is 12.8 Å². The first-order valence-corrected chi connectivity index (χ1v) is 7.05. The van der Waals surface area contributed by atoms with Crippen molar-refractivity contribution in [2.24, 2.45) is 0 Å². The molecular weight excluding hydrogens is 308 g/mol. The molecule has 0 atom stereocenters. The van der Waals surface area contributed by atoms with Crippen molar-refractivity contribution < 1.29 is 9.90 Å². The lowest BCUT2D eigenvalue weighted by atomic mass is 9.90. The van der Waals surface area contributed by atoms with Gasteiger partial charge in [0.1, 0.15) is 5.69 Å². The molecule has 0 amide bonds. The SMILES string of the molecule is O=C(O)c1cc(-c2cc(Br)c3c(c2)CCCC3)n[nH]1. The summed E-state index contributed by atoms with van der Waals surface area (Å²) >= 11 is 3.61. The molecule has 1 aromatic carbocycles. The molecule has 0 bridgehead atoms. The normalized spacial score (nSPS) is 14.2. The third-order valence-corrected chi connectivity index (χ3v) is 4.22. The van der Waals surface area contributed by atoms with Crippen molar-refractivity contribution >= 4 is 21.9 Å². The standard InChI is InChI=1S/C14H13BrN2O2/c15-11-6-9(5-8-3-1-2-4-10(8)11)12-7-13(14(18)19)17-16-12/h5-7H,1-4H2,(H,16,17)(H,18,19). The molecule has 4 nitrogen and oxygen atoms in total. The number of hydrogen-bond acceptors (Lipinski definition) is 2. The maximum atomic E-state index is 10.9. The van der Waals surface area contributed by atoms with Crippen molar-refractivity contribution in [1.82, 2.24) is 10.2 Å². The number of aromatic nitrogens is 2. The number of aromatic amines is 1. The van der Waals surface area contributed by atoms with E-state index in [4.69, 9.17) is 5.11 Å². The van der Waals surface area contributed by atoms with Gasteiger partial charge >= 0.3 is 5.97 Å². The van der Waals surface area contributed by atoms with E-state index >= 15 is 0 Å². The fraction of sp³-hybridized carbons (Fsp3) is 0.286. The third kappa shape index (κ3) is 2.30. The fourth-order valence-electron chi connectivity index (χ4n) is 2.54. The zero-order valence-electron chi connectivity index (χ0n) is 10.2. The van der Waals surface area contributed by atoms with Crippen LogP contribution in [0.4, 0.5) is 0 Å². The summed E-state index contributed by atoms with van der Waals surface area (Å²) in [6.07, 6.45) is 4.63. The highest BCUT2D eigenvalue weighted by molar-refractivity contribution is 9.10. The molecule has 2 aromatic rings. The molecule has 19 heavy (non-hydrogen) atoms. The van der Waals surface area contributed by atoms with E-state index in [1.165, 1.54) is 24.0 Å². The molecule has 1 aliphatic carbocycles. The van der Waals surface area contributed by atoms with Gasteiger partial charge in [-0.3, -0.25) is 5.10 Å². The molecule has 0 saturated heterocycles. The largest absolute Gasteiger partial charge is 0.477 e. The van der Waals surface area contributed by atoms with Gasteiger partial charge in [-0.15, -0.1) is 0 Å². The highest BCUT2D eigenvalue weighted by Gasteiger charge is 2.16. The highest BCUT2D eigenvalue weighted by atomic mass is 79.9. The second-order valence-electron chi connectivity index (χ2n) is 4.77. The van der Waals surface area contributed by atoms with E-state index in [1.807, 2.05) is 6.07 Å². The summed E-state index contributed by atoms with van der Waals surface area (Å²) in [6.45, 7) is 0. The van der Waals surface area contributed by atoms with Crippen LogP contribution in [0.2, 0.25) is 0 Å². The van der Waals surface area contributed by atoms with Crippen molar-refractivity contribution in [3.63, 3.8) is 0 Å². The van der Waals surface area contributed by atoms with E-state index in [0.717, 1.165) is 22.9 Å². The minimum absolute atomic E-state index is 0.115. The van der Waals surface area contributed by atoms with Gasteiger partial charge in [0.25, 0.3) is 0 Å². The molecule has 5 heteroatoms. The quantitative estimate of drug-likeness (QED) is 0.891. The molecule has 1 aromatic heterocycles. The number of nitrogens with zero attached hydrogens (tertiary/aromatic N) is 1. The van der Waals surface area contributed by atoms with E-state index in [2.05, 4.69) is 32.2 Å². The molecule has 3 rings (SSSR count). The van der Waals surface area contributed by atoms with Gasteiger partial charge in [0, 0.05) is 10.0 Å². The zero-order chi connectivity index (χ0) is 13.4. The van der Waals surface area contributed by atoms with E-state index < -0.39 is 5.97 Å². The first-order chi connectivity index (χ1) is 9.15. The smallest absolute Gasteiger partial charge is 0.353 e. The lowest BCUT2D eigenvalue weighted by molar-refractivity contribution is 0.0690. The van der Waals surface area contributed by atoms with Crippen LogP contribution in [0.15, 0.2) is 22.7 Å². The molecule has 0 spiro atoms. The number of rotatable bonds is 2. The Morgan fingerprint density at radius 3 is 2.79 bits per heavy atom. The van der Waals surface area contributed by atoms with Crippen molar-refractivity contribution in [2.75, 3.05) is 0 Å². The van der Waals surface area contributed by atoms with Gasteiger partial charge in [0.05, 0.1) is 5.69 Å². The average Bonchev–Trinajstić information content (AvgIpc) is 2.88. The van der Waals surface area contributed by atoms with Gasteiger partial charge < -0.3 is 5.11 Å². The summed E-state index contributed by atoms with van der Waals surface area (Å²) in [5, 5.41) is 15.5. The fourth-order valence-corrected chi connectivity index (χ4v) is 3.24. The Hall–Kier alpha value is -1.62. The van der Waals surface area contributed by atoms with Gasteiger partial charge in [0.15, 0.2) is 0 Å². The first-order valence-electron chi connectivity index (χ1n) is 6.25. The van der Waals surface area contributed by atoms with Crippen molar-refractivity contribution in [3.05, 3.63) is 39.5 Å². The minimum Gasteiger partial charge on any atom is -0.477 e. The van der Waals surface area contributed by atoms with Crippen LogP contribution in [0, 0.1) is 0 Å². The van der Waals surface area contributed by atoms with Gasteiger partial charge in [-0.05, 0) is 55.0 Å². The predicted molar refractivity (Wildman–Crippen MR) is 75.3 cm³/mol. The Kier molecular flexibility index (Phi) is 3.14. The molecule has 0 fully saturated rings. The summed E-state index contributed by atoms with van der Waals surface area (Å²) in [5.41, 5.74) is 4.46. The summed E-state index contributed by atoms with van der Waals surface area (Å²) in [7, 11) is 0. The molecule has 0 unspecified atom stereocenters. The number of fused-ring (bicyclic) bond motifs is 1. The third-order valence-electron chi connectivity index (χ3n) is 3.51. The lowest BCUT2D eigenvalue weighted by Crippen LogP contribution is -2.03. The Labute approximate surface area is 119 Å². The van der Waals surface area contributed by atoms with E-state index in [0.29, 0.717) is 5.69 Å². The van der Waals surface area contributed by atoms with Crippen LogP contribution in [0.25, 0.3) is 11.3 Å². The topological polar surface area (TPSA) is 66.0 Å². The van der Waals surface area contributed by atoms with Crippen molar-refractivity contribution in [2.45, 2.75) is 25.7 Å². The number of nitrogens with one attached hydrogen (secondary N) is 1. The van der Waals surface area contributed by atoms with Crippen LogP contribution in [-0.4, -0.2) is 21.3 Å². The van der Waals surface area contributed by atoms with Crippen LogP contribution in [0.3, 0.4) is 0 Å². The number of H-pyrrole nitrogens is 1. The molecular formula is C14H13BrN2O2. The van der Waals surface area contributed by atoms with E-state index in [9.17, 15) is 4.79 Å². The monoisotopic (exact) mass is 320 g/mol. The van der Waals surface area contributed by atoms with E-state index in [1.54, 1.807) is 6.07 Å². The van der Waals surface area contributed by atoms with Crippen LogP contribution in [0.5, 0.6) is 0 Å². The van der Waals surface area contributed by atoms with Crippen molar-refractivity contribution in [3.8, 4) is 11.3 Å². The molecule has 1 heterocycles. The molecule has 98 valence electrons. The van der Waals surface area contributed by atoms with Crippen LogP contribution >= 0.6 is 15.9 Å². The first kappa shape index (κ1) is 12.4. The summed E-state index contributed by atoms with van der Waals surface area (Å²) in [4.78, 5) is 10.9. The molecule has 0 saturated carbocycles. The second-order valence-corrected chi connectivity index (χ2v) is 5.63. The van der Waals surface area contributed by atoms with E-state index in [-0.39, 0.29) is 5.69 Å². The number of aryl methyl sites for hydroxylation is 1. The Morgan fingerprint density at radius 2 is 2.05 bits per heavy atom. The Bertz CT molecular complexity index is 649. The predicted octanol–water partition coefficient (Wildman–Crippen LogP) is 3.42. The van der Waals surface area contributed by atoms with Gasteiger partial charge in [-0.25, -0.2) is 4.79 Å². The maximum Gasteiger partial charge on any atom is 0.353 e. The lowest BCUT2D eigenvalue weighted by Gasteiger charge is -2.18. The molecule has 0 aliphatic heterocycles. The van der Waals surface area contributed by atoms with Gasteiger partial charge in [-0.2, -0.15) is 5.10 Å². The summed E-state index contributed by atoms with van der Waals surface area (Å²) < 4.78 is 1.10. The summed E-state index contributed by atoms with van der Waals surface area (Å²) in [6, 6.07) is 5.71. The average molecular weight is 321 g/mol. The number of aromatic carboxylic acids is 1. The molecule has 2 N–H and O–H groups in total. The van der Waals surface area contributed by atoms with Crippen LogP contribution in [0.1, 0.15) is 34.5 Å². The Balaban J connectivity index is 2.05. The zero-order valence-corrected chi connectivity index (χ0v) is 11.8. The van der Waals surface area contributed by atoms with Gasteiger partial charge in [-0.1, -0.05) is 15.9 Å². The van der Waals surface area contributed by atoms with Crippen molar-refractivity contribution in [1.29, 1.82) is 0 Å². The number of carboxylic acids is 1. The Morgan fingerprint density at radius 1 is 1.26 bits per heavy atom. The number of carbonyl (C=O) groups is 1. The van der Waals surface area contributed by atoms with Gasteiger partial charge in [0.2, 0.25) is 0 Å². The maximum absolute atomic E-state index is 10.9. The number of halogens is 1. The number of carboxylic acid groups (broad SMARTS) is 1. The number of benzene rings is 1. The second kappa shape index (κ2) is 4.81. The summed E-state index contributed by atoms with van der Waals surface area (Å²) in [5.74, 6) is -0.990.